The van der Waals surface area contributed by atoms with Crippen LogP contribution in [0.4, 0.5) is 11.4 Å². The van der Waals surface area contributed by atoms with Crippen molar-refractivity contribution in [3.63, 3.8) is 0 Å². The average molecular weight is 701 g/mol. The van der Waals surface area contributed by atoms with Crippen LogP contribution in [0.15, 0.2) is 79.9 Å². The standard InChI is InChI=1S/C40H52N4O7/c1-6-11-17-33(46)41-25-32(27-15-13-12-14-16-27)50-39(49)34-31-22-23-40(51-31)35(34)37(47)44(28(8-3)26-45)36(40)38(48)43(24-7-2)30-20-18-29(19-21-30)42(9-4)10-5/h6-7,12-16,18-21,28,31-32,34-36,45H,1-2,8-11,17,22-26H2,3-5H3,(H,41,46)/t28-,31+,32+,34-,35-,36+,40-/m0/s1. The van der Waals surface area contributed by atoms with Gasteiger partial charge in [-0.1, -0.05) is 49.4 Å². The number of anilines is 2. The fraction of sp³-hybridized carbons (Fsp3) is 0.500. The van der Waals surface area contributed by atoms with Crippen LogP contribution in [0.2, 0.25) is 0 Å². The zero-order valence-corrected chi connectivity index (χ0v) is 30.0. The summed E-state index contributed by atoms with van der Waals surface area (Å²) in [6.07, 6.45) is 3.91. The van der Waals surface area contributed by atoms with Gasteiger partial charge in [0.1, 0.15) is 17.7 Å². The van der Waals surface area contributed by atoms with E-state index in [9.17, 15) is 24.3 Å². The van der Waals surface area contributed by atoms with E-state index in [2.05, 4.69) is 37.2 Å². The van der Waals surface area contributed by atoms with Crippen molar-refractivity contribution in [2.45, 2.75) is 82.8 Å². The largest absolute Gasteiger partial charge is 0.455 e. The highest BCUT2D eigenvalue weighted by molar-refractivity contribution is 6.05. The maximum Gasteiger partial charge on any atom is 0.313 e. The Morgan fingerprint density at radius 1 is 1.06 bits per heavy atom. The van der Waals surface area contributed by atoms with Crippen LogP contribution in [0.5, 0.6) is 0 Å². The Labute approximate surface area is 301 Å². The third kappa shape index (κ3) is 7.32. The lowest BCUT2D eigenvalue weighted by molar-refractivity contribution is -0.161. The molecule has 11 nitrogen and oxygen atoms in total. The van der Waals surface area contributed by atoms with Gasteiger partial charge >= 0.3 is 5.97 Å². The summed E-state index contributed by atoms with van der Waals surface area (Å²) in [5.74, 6) is -3.51. The van der Waals surface area contributed by atoms with Crippen molar-refractivity contribution in [2.75, 3.05) is 42.6 Å². The first kappa shape index (κ1) is 37.8. The lowest BCUT2D eigenvalue weighted by Crippen LogP contribution is -2.59. The topological polar surface area (TPSA) is 129 Å². The molecule has 2 aromatic carbocycles. The van der Waals surface area contributed by atoms with Crippen molar-refractivity contribution in [2.24, 2.45) is 11.8 Å². The Kier molecular flexibility index (Phi) is 12.4. The molecule has 11 heteroatoms. The number of hydrogen-bond acceptors (Lipinski definition) is 8. The van der Waals surface area contributed by atoms with Gasteiger partial charge in [-0.05, 0) is 69.4 Å². The van der Waals surface area contributed by atoms with Gasteiger partial charge in [0.2, 0.25) is 11.8 Å². The van der Waals surface area contributed by atoms with Gasteiger partial charge in [0.15, 0.2) is 0 Å². The van der Waals surface area contributed by atoms with E-state index in [0.29, 0.717) is 36.9 Å². The van der Waals surface area contributed by atoms with Crippen LogP contribution in [-0.2, 0) is 28.7 Å². The molecule has 0 saturated carbocycles. The number of esters is 1. The van der Waals surface area contributed by atoms with Gasteiger partial charge < -0.3 is 34.6 Å². The number of rotatable bonds is 18. The predicted octanol–water partition coefficient (Wildman–Crippen LogP) is 4.56. The van der Waals surface area contributed by atoms with Gasteiger partial charge in [0.25, 0.3) is 5.91 Å². The van der Waals surface area contributed by atoms with E-state index in [1.165, 1.54) is 4.90 Å². The zero-order chi connectivity index (χ0) is 36.7. The molecule has 2 bridgehead atoms. The third-order valence-electron chi connectivity index (χ3n) is 10.7. The molecule has 7 atom stereocenters. The molecule has 3 fully saturated rings. The second-order valence-corrected chi connectivity index (χ2v) is 13.4. The number of carbonyl (C=O) groups is 4. The molecule has 3 saturated heterocycles. The number of benzene rings is 2. The van der Waals surface area contributed by atoms with E-state index >= 15 is 0 Å². The van der Waals surface area contributed by atoms with E-state index in [1.807, 2.05) is 61.5 Å². The second kappa shape index (κ2) is 16.7. The highest BCUT2D eigenvalue weighted by Crippen LogP contribution is 2.59. The fourth-order valence-corrected chi connectivity index (χ4v) is 8.12. The van der Waals surface area contributed by atoms with Crippen molar-refractivity contribution >= 4 is 35.1 Å². The first-order chi connectivity index (χ1) is 24.7. The zero-order valence-electron chi connectivity index (χ0n) is 30.0. The number of carbonyl (C=O) groups excluding carboxylic acids is 4. The molecule has 0 aliphatic carbocycles. The van der Waals surface area contributed by atoms with Crippen molar-refractivity contribution < 1.29 is 33.8 Å². The Hall–Kier alpha value is -4.48. The van der Waals surface area contributed by atoms with Gasteiger partial charge in [-0.3, -0.25) is 19.2 Å². The number of hydrogen-bond donors (Lipinski definition) is 2. The molecular formula is C40H52N4O7. The third-order valence-corrected chi connectivity index (χ3v) is 10.7. The van der Waals surface area contributed by atoms with Crippen molar-refractivity contribution in [1.82, 2.24) is 10.2 Å². The van der Waals surface area contributed by atoms with E-state index < -0.39 is 53.6 Å². The number of fused-ring (bicyclic) bond motifs is 1. The van der Waals surface area contributed by atoms with Gasteiger partial charge in [-0.2, -0.15) is 0 Å². The number of aliphatic hydroxyl groups is 1. The number of nitrogens with one attached hydrogen (secondary N) is 1. The van der Waals surface area contributed by atoms with E-state index in [4.69, 9.17) is 9.47 Å². The summed E-state index contributed by atoms with van der Waals surface area (Å²) in [5, 5.41) is 13.3. The highest BCUT2D eigenvalue weighted by atomic mass is 16.6. The number of amides is 3. The predicted molar refractivity (Wildman–Crippen MR) is 196 cm³/mol. The van der Waals surface area contributed by atoms with Gasteiger partial charge in [0.05, 0.1) is 37.1 Å². The number of aliphatic hydroxyl groups excluding tert-OH is 1. The summed E-state index contributed by atoms with van der Waals surface area (Å²) in [6.45, 7) is 15.2. The van der Waals surface area contributed by atoms with Crippen molar-refractivity contribution in [3.05, 3.63) is 85.5 Å². The molecule has 3 aliphatic rings. The summed E-state index contributed by atoms with van der Waals surface area (Å²) in [7, 11) is 0. The molecule has 0 radical (unpaired) electrons. The number of nitrogens with zero attached hydrogens (tertiary/aromatic N) is 3. The second-order valence-electron chi connectivity index (χ2n) is 13.4. The molecule has 0 aromatic heterocycles. The minimum absolute atomic E-state index is 0.0486. The maximum atomic E-state index is 14.9. The number of ether oxygens (including phenoxy) is 2. The first-order valence-electron chi connectivity index (χ1n) is 18.2. The van der Waals surface area contributed by atoms with Crippen LogP contribution >= 0.6 is 0 Å². The van der Waals surface area contributed by atoms with Crippen LogP contribution in [0, 0.1) is 11.8 Å². The minimum atomic E-state index is -1.28. The smallest absolute Gasteiger partial charge is 0.313 e. The fourth-order valence-electron chi connectivity index (χ4n) is 8.12. The molecular weight excluding hydrogens is 648 g/mol. The molecule has 51 heavy (non-hydrogen) atoms. The van der Waals surface area contributed by atoms with Crippen molar-refractivity contribution in [3.8, 4) is 0 Å². The van der Waals surface area contributed by atoms with E-state index in [1.54, 1.807) is 17.1 Å². The van der Waals surface area contributed by atoms with Gasteiger partial charge in [-0.15, -0.1) is 13.2 Å². The van der Waals surface area contributed by atoms with Crippen LogP contribution in [0.1, 0.15) is 64.5 Å². The molecule has 5 rings (SSSR count). The maximum absolute atomic E-state index is 14.9. The Balaban J connectivity index is 1.47. The number of likely N-dealkylation sites (tertiary alicyclic amines) is 1. The summed E-state index contributed by atoms with van der Waals surface area (Å²) in [4.78, 5) is 61.5. The molecule has 0 unspecified atom stereocenters. The Bertz CT molecular complexity index is 1560. The summed E-state index contributed by atoms with van der Waals surface area (Å²) >= 11 is 0. The van der Waals surface area contributed by atoms with Crippen LogP contribution in [-0.4, -0.2) is 90.3 Å². The van der Waals surface area contributed by atoms with Crippen LogP contribution in [0.25, 0.3) is 0 Å². The number of allylic oxidation sites excluding steroid dienone is 1. The van der Waals surface area contributed by atoms with Crippen molar-refractivity contribution in [1.29, 1.82) is 0 Å². The van der Waals surface area contributed by atoms with E-state index in [0.717, 1.165) is 18.8 Å². The van der Waals surface area contributed by atoms with E-state index in [-0.39, 0.29) is 37.9 Å². The Morgan fingerprint density at radius 2 is 1.75 bits per heavy atom. The summed E-state index contributed by atoms with van der Waals surface area (Å²) < 4.78 is 12.8. The quantitative estimate of drug-likeness (QED) is 0.171. The molecule has 1 spiro atoms. The molecule has 2 aromatic rings. The first-order valence-corrected chi connectivity index (χ1v) is 18.2. The molecule has 274 valence electrons. The molecule has 3 heterocycles. The molecule has 3 aliphatic heterocycles. The van der Waals surface area contributed by atoms with Crippen LogP contribution < -0.4 is 15.1 Å². The normalized spacial score (nSPS) is 24.4. The van der Waals surface area contributed by atoms with Gasteiger partial charge in [0, 0.05) is 37.4 Å². The minimum Gasteiger partial charge on any atom is -0.455 e. The lowest BCUT2D eigenvalue weighted by atomic mass is 9.70. The van der Waals surface area contributed by atoms with Crippen LogP contribution in [0.3, 0.4) is 0 Å². The highest BCUT2D eigenvalue weighted by Gasteiger charge is 2.75. The SMILES string of the molecule is C=CCCC(=O)NC[C@@H](OC(=O)[C@@H]1[C@H]2C(=O)N([C@@H](CC)CO)[C@H](C(=O)N(CC=C)c3ccc(N(CC)CC)cc3)[C@]23CC[C@H]1O3)c1ccccc1. The summed E-state index contributed by atoms with van der Waals surface area (Å²) in [5.41, 5.74) is 1.08. The average Bonchev–Trinajstić information content (AvgIpc) is 3.80. The lowest BCUT2D eigenvalue weighted by Gasteiger charge is -2.39. The molecule has 2 N–H and O–H groups in total. The summed E-state index contributed by atoms with van der Waals surface area (Å²) in [6, 6.07) is 15.1. The Morgan fingerprint density at radius 3 is 2.35 bits per heavy atom. The van der Waals surface area contributed by atoms with Gasteiger partial charge in [-0.25, -0.2) is 0 Å². The molecule has 3 amide bonds. The monoisotopic (exact) mass is 700 g/mol.